The summed E-state index contributed by atoms with van der Waals surface area (Å²) in [6.07, 6.45) is 2.45. The van der Waals surface area contributed by atoms with E-state index in [4.69, 9.17) is 9.79 Å². The minimum Gasteiger partial charge on any atom is -0.326 e. The van der Waals surface area contributed by atoms with Gasteiger partial charge >= 0.3 is 16.1 Å². The van der Waals surface area contributed by atoms with Crippen molar-refractivity contribution in [1.29, 1.82) is 0 Å². The topological polar surface area (TPSA) is 93.1 Å². The Kier molecular flexibility index (Phi) is 6.86. The van der Waals surface area contributed by atoms with E-state index in [0.717, 1.165) is 12.8 Å². The monoisotopic (exact) mass is 232 g/mol. The molecule has 0 aliphatic rings. The third kappa shape index (κ3) is 8.63. The zero-order valence-corrected chi connectivity index (χ0v) is 9.20. The standard InChI is InChI=1S/C5H14O6P2/c1-2-3-4-5-10-13(8,9)11-12(6)7/h12H,2-5H2,1H3,(H,6,7)(H,8,9). The second-order valence-electron chi connectivity index (χ2n) is 2.37. The van der Waals surface area contributed by atoms with Crippen molar-refractivity contribution in [2.75, 3.05) is 6.61 Å². The third-order valence-electron chi connectivity index (χ3n) is 1.20. The average Bonchev–Trinajstić information content (AvgIpc) is 1.95. The lowest BCUT2D eigenvalue weighted by Gasteiger charge is -2.08. The predicted octanol–water partition coefficient (Wildman–Crippen LogP) is 1.69. The Morgan fingerprint density at radius 1 is 1.46 bits per heavy atom. The van der Waals surface area contributed by atoms with E-state index in [9.17, 15) is 9.13 Å². The quantitative estimate of drug-likeness (QED) is 0.512. The maximum absolute atomic E-state index is 10.8. The van der Waals surface area contributed by atoms with Crippen molar-refractivity contribution >= 4 is 16.1 Å². The lowest BCUT2D eigenvalue weighted by molar-refractivity contribution is 0.197. The molecule has 0 heterocycles. The van der Waals surface area contributed by atoms with Crippen molar-refractivity contribution in [3.05, 3.63) is 0 Å². The van der Waals surface area contributed by atoms with E-state index in [0.29, 0.717) is 6.42 Å². The van der Waals surface area contributed by atoms with Gasteiger partial charge in [-0.1, -0.05) is 19.8 Å². The molecule has 0 rings (SSSR count). The Hall–Kier alpha value is 0.300. The number of unbranched alkanes of at least 4 members (excludes halogenated alkanes) is 2. The summed E-state index contributed by atoms with van der Waals surface area (Å²) in [6.45, 7) is 2.03. The molecule has 2 atom stereocenters. The van der Waals surface area contributed by atoms with Gasteiger partial charge in [0.25, 0.3) is 0 Å². The Bertz CT molecular complexity index is 205. The molecule has 0 aromatic carbocycles. The van der Waals surface area contributed by atoms with Crippen LogP contribution in [0.15, 0.2) is 0 Å². The summed E-state index contributed by atoms with van der Waals surface area (Å²) in [7, 11) is -7.73. The lowest BCUT2D eigenvalue weighted by atomic mass is 10.3. The minimum absolute atomic E-state index is 0.0523. The molecular formula is C5H14O6P2. The first-order valence-corrected chi connectivity index (χ1v) is 6.63. The maximum Gasteiger partial charge on any atom is 0.479 e. The van der Waals surface area contributed by atoms with E-state index in [2.05, 4.69) is 8.83 Å². The SMILES string of the molecule is CCCCCOP(=O)(O)O[PH](=O)O. The van der Waals surface area contributed by atoms with Gasteiger partial charge in [0.1, 0.15) is 0 Å². The van der Waals surface area contributed by atoms with Gasteiger partial charge in [0, 0.05) is 0 Å². The second kappa shape index (κ2) is 6.71. The van der Waals surface area contributed by atoms with Crippen molar-refractivity contribution in [3.63, 3.8) is 0 Å². The van der Waals surface area contributed by atoms with E-state index < -0.39 is 16.1 Å². The molecule has 13 heavy (non-hydrogen) atoms. The Morgan fingerprint density at radius 3 is 2.54 bits per heavy atom. The van der Waals surface area contributed by atoms with Crippen LogP contribution in [0.1, 0.15) is 26.2 Å². The van der Waals surface area contributed by atoms with Crippen molar-refractivity contribution in [2.45, 2.75) is 26.2 Å². The molecule has 0 bridgehead atoms. The van der Waals surface area contributed by atoms with Gasteiger partial charge in [-0.15, -0.1) is 0 Å². The molecule has 0 radical (unpaired) electrons. The Morgan fingerprint density at radius 2 is 2.08 bits per heavy atom. The van der Waals surface area contributed by atoms with Crippen LogP contribution in [0, 0.1) is 0 Å². The predicted molar refractivity (Wildman–Crippen MR) is 47.6 cm³/mol. The molecule has 8 heteroatoms. The van der Waals surface area contributed by atoms with Crippen LogP contribution < -0.4 is 0 Å². The highest BCUT2D eigenvalue weighted by Crippen LogP contribution is 2.50. The van der Waals surface area contributed by atoms with Crippen molar-refractivity contribution in [2.24, 2.45) is 0 Å². The largest absolute Gasteiger partial charge is 0.479 e. The zero-order valence-electron chi connectivity index (χ0n) is 7.30. The van der Waals surface area contributed by atoms with Crippen LogP contribution in [0.3, 0.4) is 0 Å². The fourth-order valence-corrected chi connectivity index (χ4v) is 2.02. The first-order valence-electron chi connectivity index (χ1n) is 3.88. The fraction of sp³-hybridized carbons (Fsp3) is 1.00. The van der Waals surface area contributed by atoms with E-state index >= 15 is 0 Å². The van der Waals surface area contributed by atoms with Gasteiger partial charge in [-0.25, -0.2) is 8.88 Å². The lowest BCUT2D eigenvalue weighted by Crippen LogP contribution is -1.93. The fourth-order valence-electron chi connectivity index (χ4n) is 0.657. The van der Waals surface area contributed by atoms with E-state index in [1.54, 1.807) is 0 Å². The summed E-state index contributed by atoms with van der Waals surface area (Å²) >= 11 is 0. The number of hydrogen-bond acceptors (Lipinski definition) is 4. The van der Waals surface area contributed by atoms with Gasteiger partial charge in [-0.05, 0) is 6.42 Å². The van der Waals surface area contributed by atoms with Crippen LogP contribution in [-0.4, -0.2) is 16.4 Å². The number of phosphoric acid groups is 1. The molecule has 0 aromatic heterocycles. The molecule has 0 spiro atoms. The average molecular weight is 232 g/mol. The highest BCUT2D eigenvalue weighted by atomic mass is 31.2. The van der Waals surface area contributed by atoms with Crippen LogP contribution in [0.5, 0.6) is 0 Å². The van der Waals surface area contributed by atoms with E-state index in [1.165, 1.54) is 0 Å². The van der Waals surface area contributed by atoms with Crippen molar-refractivity contribution in [1.82, 2.24) is 0 Å². The number of phosphoric ester groups is 1. The molecule has 0 saturated carbocycles. The van der Waals surface area contributed by atoms with Crippen molar-refractivity contribution < 1.29 is 27.8 Å². The molecular weight excluding hydrogens is 218 g/mol. The van der Waals surface area contributed by atoms with Crippen LogP contribution in [0.4, 0.5) is 0 Å². The van der Waals surface area contributed by atoms with Gasteiger partial charge in [0.05, 0.1) is 6.61 Å². The summed E-state index contributed by atoms with van der Waals surface area (Å²) in [5.74, 6) is 0. The first-order chi connectivity index (χ1) is 5.98. The summed E-state index contributed by atoms with van der Waals surface area (Å²) in [6, 6.07) is 0. The molecule has 0 fully saturated rings. The Labute approximate surface area is 77.4 Å². The summed E-state index contributed by atoms with van der Waals surface area (Å²) in [4.78, 5) is 17.0. The van der Waals surface area contributed by atoms with Gasteiger partial charge in [-0.2, -0.15) is 0 Å². The first kappa shape index (κ1) is 13.3. The number of hydrogen-bond donors (Lipinski definition) is 2. The molecule has 0 saturated heterocycles. The van der Waals surface area contributed by atoms with Crippen LogP contribution in [0.2, 0.25) is 0 Å². The smallest absolute Gasteiger partial charge is 0.326 e. The highest BCUT2D eigenvalue weighted by molar-refractivity contribution is 7.55. The van der Waals surface area contributed by atoms with Crippen molar-refractivity contribution in [3.8, 4) is 0 Å². The van der Waals surface area contributed by atoms with Crippen LogP contribution in [-0.2, 0) is 18.0 Å². The van der Waals surface area contributed by atoms with Crippen LogP contribution in [0.25, 0.3) is 0 Å². The third-order valence-corrected chi connectivity index (χ3v) is 3.25. The van der Waals surface area contributed by atoms with Gasteiger partial charge in [0.2, 0.25) is 0 Å². The Balaban J connectivity index is 3.63. The normalized spacial score (nSPS) is 18.1. The van der Waals surface area contributed by atoms with Gasteiger partial charge in [0.15, 0.2) is 0 Å². The second-order valence-corrected chi connectivity index (χ2v) is 4.82. The van der Waals surface area contributed by atoms with Gasteiger partial charge < -0.3 is 9.79 Å². The zero-order chi connectivity index (χ0) is 10.3. The molecule has 0 aliphatic heterocycles. The minimum atomic E-state index is -4.31. The molecule has 2 N–H and O–H groups in total. The molecule has 6 nitrogen and oxygen atoms in total. The molecule has 0 aliphatic carbocycles. The molecule has 2 unspecified atom stereocenters. The summed E-state index contributed by atoms with van der Waals surface area (Å²) < 4.78 is 29.0. The summed E-state index contributed by atoms with van der Waals surface area (Å²) in [5, 5.41) is 0. The van der Waals surface area contributed by atoms with Gasteiger partial charge in [-0.3, -0.25) is 9.09 Å². The summed E-state index contributed by atoms with van der Waals surface area (Å²) in [5.41, 5.74) is 0. The van der Waals surface area contributed by atoms with E-state index in [-0.39, 0.29) is 6.61 Å². The number of rotatable bonds is 7. The van der Waals surface area contributed by atoms with E-state index in [1.807, 2.05) is 6.92 Å². The van der Waals surface area contributed by atoms with Crippen LogP contribution >= 0.6 is 16.1 Å². The molecule has 0 amide bonds. The molecule has 0 aromatic rings. The molecule has 80 valence electrons. The maximum atomic E-state index is 10.8. The highest BCUT2D eigenvalue weighted by Gasteiger charge is 2.22.